The average Bonchev–Trinajstić information content (AvgIpc) is 2.54. The SMILES string of the molecule is Cc1ccc(N2CCN([C@@H](C)C(=O)NCCN(C)C)CC2)cc1. The molecule has 23 heavy (non-hydrogen) atoms. The number of amides is 1. The summed E-state index contributed by atoms with van der Waals surface area (Å²) in [5.41, 5.74) is 2.56. The van der Waals surface area contributed by atoms with Gasteiger partial charge < -0.3 is 15.1 Å². The van der Waals surface area contributed by atoms with Crippen LogP contribution in [0.15, 0.2) is 24.3 Å². The molecule has 0 spiro atoms. The maximum Gasteiger partial charge on any atom is 0.237 e. The second-order valence-corrected chi connectivity index (χ2v) is 6.63. The Hall–Kier alpha value is -1.59. The number of nitrogens with one attached hydrogen (secondary N) is 1. The molecule has 1 aromatic carbocycles. The van der Waals surface area contributed by atoms with Gasteiger partial charge in [-0.15, -0.1) is 0 Å². The molecule has 1 aliphatic rings. The van der Waals surface area contributed by atoms with Crippen molar-refractivity contribution in [2.75, 3.05) is 58.3 Å². The van der Waals surface area contributed by atoms with Gasteiger partial charge in [-0.25, -0.2) is 0 Å². The molecule has 1 N–H and O–H groups in total. The molecule has 1 aromatic rings. The Labute approximate surface area is 140 Å². The van der Waals surface area contributed by atoms with Crippen LogP contribution in [0.4, 0.5) is 5.69 Å². The van der Waals surface area contributed by atoms with Crippen LogP contribution in [-0.2, 0) is 4.79 Å². The molecule has 1 fully saturated rings. The first-order valence-corrected chi connectivity index (χ1v) is 8.45. The average molecular weight is 318 g/mol. The Bertz CT molecular complexity index is 492. The highest BCUT2D eigenvalue weighted by Crippen LogP contribution is 2.17. The molecular weight excluding hydrogens is 288 g/mol. The maximum atomic E-state index is 12.2. The second kappa shape index (κ2) is 8.31. The number of carbonyl (C=O) groups is 1. The molecule has 5 nitrogen and oxygen atoms in total. The Kier molecular flexibility index (Phi) is 6.42. The number of piperazine rings is 1. The molecule has 1 atom stereocenters. The number of hydrogen-bond donors (Lipinski definition) is 1. The summed E-state index contributed by atoms with van der Waals surface area (Å²) in [7, 11) is 4.03. The zero-order chi connectivity index (χ0) is 16.8. The highest BCUT2D eigenvalue weighted by Gasteiger charge is 2.25. The predicted molar refractivity (Wildman–Crippen MR) is 96.0 cm³/mol. The van der Waals surface area contributed by atoms with Crippen LogP contribution in [0.3, 0.4) is 0 Å². The van der Waals surface area contributed by atoms with Crippen molar-refractivity contribution in [3.63, 3.8) is 0 Å². The van der Waals surface area contributed by atoms with Crippen molar-refractivity contribution in [2.24, 2.45) is 0 Å². The number of carbonyl (C=O) groups excluding carboxylic acids is 1. The van der Waals surface area contributed by atoms with Gasteiger partial charge in [0, 0.05) is 45.0 Å². The summed E-state index contributed by atoms with van der Waals surface area (Å²) in [6.07, 6.45) is 0. The summed E-state index contributed by atoms with van der Waals surface area (Å²) in [5, 5.41) is 3.02. The standard InChI is InChI=1S/C18H30N4O/c1-15-5-7-17(8-6-15)22-13-11-21(12-14-22)16(2)18(23)19-9-10-20(3)4/h5-8,16H,9-14H2,1-4H3,(H,19,23)/t16-/m0/s1. The van der Waals surface area contributed by atoms with Gasteiger partial charge in [0.05, 0.1) is 6.04 Å². The van der Waals surface area contributed by atoms with Crippen LogP contribution < -0.4 is 10.2 Å². The second-order valence-electron chi connectivity index (χ2n) is 6.63. The third kappa shape index (κ3) is 5.22. The first kappa shape index (κ1) is 17.8. The predicted octanol–water partition coefficient (Wildman–Crippen LogP) is 1.18. The van der Waals surface area contributed by atoms with Crippen LogP contribution in [0.5, 0.6) is 0 Å². The Morgan fingerprint density at radius 2 is 1.78 bits per heavy atom. The van der Waals surface area contributed by atoms with Crippen molar-refractivity contribution in [3.8, 4) is 0 Å². The molecule has 2 rings (SSSR count). The molecule has 0 aliphatic carbocycles. The number of hydrogen-bond acceptors (Lipinski definition) is 4. The smallest absolute Gasteiger partial charge is 0.237 e. The first-order valence-electron chi connectivity index (χ1n) is 8.45. The van der Waals surface area contributed by atoms with Crippen LogP contribution in [0.1, 0.15) is 12.5 Å². The van der Waals surface area contributed by atoms with E-state index >= 15 is 0 Å². The van der Waals surface area contributed by atoms with E-state index in [0.29, 0.717) is 6.54 Å². The molecule has 1 aliphatic heterocycles. The lowest BCUT2D eigenvalue weighted by Gasteiger charge is -2.38. The van der Waals surface area contributed by atoms with Crippen molar-refractivity contribution < 1.29 is 4.79 Å². The summed E-state index contributed by atoms with van der Waals surface area (Å²) >= 11 is 0. The Balaban J connectivity index is 1.79. The summed E-state index contributed by atoms with van der Waals surface area (Å²) in [6.45, 7) is 9.49. The Morgan fingerprint density at radius 1 is 1.17 bits per heavy atom. The van der Waals surface area contributed by atoms with Crippen LogP contribution in [0, 0.1) is 6.92 Å². The minimum atomic E-state index is -0.0580. The molecule has 0 radical (unpaired) electrons. The van der Waals surface area contributed by atoms with Crippen molar-refractivity contribution in [2.45, 2.75) is 19.9 Å². The van der Waals surface area contributed by atoms with E-state index in [4.69, 9.17) is 0 Å². The van der Waals surface area contributed by atoms with Gasteiger partial charge in [0.25, 0.3) is 0 Å². The zero-order valence-electron chi connectivity index (χ0n) is 14.9. The van der Waals surface area contributed by atoms with Crippen LogP contribution in [0.2, 0.25) is 0 Å². The fraction of sp³-hybridized carbons (Fsp3) is 0.611. The maximum absolute atomic E-state index is 12.2. The van der Waals surface area contributed by atoms with Gasteiger partial charge in [0.15, 0.2) is 0 Å². The van der Waals surface area contributed by atoms with Gasteiger partial charge in [-0.1, -0.05) is 17.7 Å². The van der Waals surface area contributed by atoms with E-state index in [9.17, 15) is 4.79 Å². The van der Waals surface area contributed by atoms with Gasteiger partial charge >= 0.3 is 0 Å². The number of benzene rings is 1. The molecule has 128 valence electrons. The number of rotatable bonds is 6. The van der Waals surface area contributed by atoms with E-state index in [-0.39, 0.29) is 11.9 Å². The minimum absolute atomic E-state index is 0.0580. The van der Waals surface area contributed by atoms with Crippen molar-refractivity contribution in [1.29, 1.82) is 0 Å². The third-order valence-electron chi connectivity index (χ3n) is 4.50. The molecule has 0 saturated carbocycles. The van der Waals surface area contributed by atoms with Gasteiger partial charge in [0.2, 0.25) is 5.91 Å². The first-order chi connectivity index (χ1) is 11.0. The number of aryl methyl sites for hydroxylation is 1. The van der Waals surface area contributed by atoms with E-state index < -0.39 is 0 Å². The highest BCUT2D eigenvalue weighted by molar-refractivity contribution is 5.81. The molecule has 0 bridgehead atoms. The van der Waals surface area contributed by atoms with Crippen molar-refractivity contribution in [1.82, 2.24) is 15.1 Å². The fourth-order valence-electron chi connectivity index (χ4n) is 2.84. The monoisotopic (exact) mass is 318 g/mol. The van der Waals surface area contributed by atoms with E-state index in [1.165, 1.54) is 11.3 Å². The normalized spacial score (nSPS) is 17.3. The van der Waals surface area contributed by atoms with Gasteiger partial charge in [-0.3, -0.25) is 9.69 Å². The Morgan fingerprint density at radius 3 is 2.35 bits per heavy atom. The lowest BCUT2D eigenvalue weighted by Crippen LogP contribution is -2.54. The molecule has 1 saturated heterocycles. The topological polar surface area (TPSA) is 38.8 Å². The van der Waals surface area contributed by atoms with Crippen molar-refractivity contribution >= 4 is 11.6 Å². The van der Waals surface area contributed by atoms with Crippen LogP contribution in [-0.4, -0.2) is 75.1 Å². The molecule has 5 heteroatoms. The lowest BCUT2D eigenvalue weighted by atomic mass is 10.1. The number of nitrogens with zero attached hydrogens (tertiary/aromatic N) is 3. The van der Waals surface area contributed by atoms with E-state index in [0.717, 1.165) is 32.7 Å². The minimum Gasteiger partial charge on any atom is -0.369 e. The number of likely N-dealkylation sites (N-methyl/N-ethyl adjacent to an activating group) is 1. The molecule has 0 unspecified atom stereocenters. The van der Waals surface area contributed by atoms with E-state index in [1.807, 2.05) is 21.0 Å². The molecule has 0 aromatic heterocycles. The van der Waals surface area contributed by atoms with Crippen LogP contribution >= 0.6 is 0 Å². The van der Waals surface area contributed by atoms with Gasteiger partial charge in [-0.2, -0.15) is 0 Å². The van der Waals surface area contributed by atoms with Gasteiger partial charge in [-0.05, 0) is 40.1 Å². The zero-order valence-corrected chi connectivity index (χ0v) is 14.9. The molecular formula is C18H30N4O. The highest BCUT2D eigenvalue weighted by atomic mass is 16.2. The summed E-state index contributed by atoms with van der Waals surface area (Å²) in [5.74, 6) is 0.135. The van der Waals surface area contributed by atoms with E-state index in [1.54, 1.807) is 0 Å². The van der Waals surface area contributed by atoms with Crippen molar-refractivity contribution in [3.05, 3.63) is 29.8 Å². The van der Waals surface area contributed by atoms with Gasteiger partial charge in [0.1, 0.15) is 0 Å². The summed E-state index contributed by atoms with van der Waals surface area (Å²) in [6, 6.07) is 8.62. The summed E-state index contributed by atoms with van der Waals surface area (Å²) < 4.78 is 0. The number of anilines is 1. The summed E-state index contributed by atoms with van der Waals surface area (Å²) in [4.78, 5) is 19.0. The molecule has 1 amide bonds. The fourth-order valence-corrected chi connectivity index (χ4v) is 2.84. The van der Waals surface area contributed by atoms with Crippen LogP contribution in [0.25, 0.3) is 0 Å². The quantitative estimate of drug-likeness (QED) is 0.855. The van der Waals surface area contributed by atoms with E-state index in [2.05, 4.69) is 51.2 Å². The molecule has 1 heterocycles. The lowest BCUT2D eigenvalue weighted by molar-refractivity contribution is -0.126. The third-order valence-corrected chi connectivity index (χ3v) is 4.50. The largest absolute Gasteiger partial charge is 0.369 e.